The predicted octanol–water partition coefficient (Wildman–Crippen LogP) is -0.918. The van der Waals surface area contributed by atoms with Gasteiger partial charge in [0.15, 0.2) is 0 Å². The Bertz CT molecular complexity index is 74.9. The molecule has 2 heteroatoms. The van der Waals surface area contributed by atoms with E-state index < -0.39 is 0 Å². The minimum Gasteiger partial charge on any atom is -0.463 e. The van der Waals surface area contributed by atoms with Gasteiger partial charge in [-0.05, 0) is 0 Å². The maximum absolute atomic E-state index is 4.96. The van der Waals surface area contributed by atoms with E-state index in [1.807, 2.05) is 0 Å². The molecule has 2 nitrogen and oxygen atoms in total. The first-order chi connectivity index (χ1) is 3.84. The largest absolute Gasteiger partial charge is 0.463 e. The van der Waals surface area contributed by atoms with E-state index in [1.165, 1.54) is 17.9 Å². The Balaban J connectivity index is 2.08. The predicted molar refractivity (Wildman–Crippen MR) is 31.5 cm³/mol. The smallest absolute Gasteiger partial charge is 0.0961 e. The van der Waals surface area contributed by atoms with Gasteiger partial charge in [-0.1, -0.05) is 0 Å². The maximum atomic E-state index is 4.96. The van der Waals surface area contributed by atoms with Gasteiger partial charge in [-0.15, -0.1) is 0 Å². The highest BCUT2D eigenvalue weighted by atomic mass is 16.5. The molecule has 1 heterocycles. The van der Waals surface area contributed by atoms with Crippen molar-refractivity contribution in [1.82, 2.24) is 0 Å². The highest BCUT2D eigenvalue weighted by Crippen LogP contribution is 1.93. The molecular weight excluding hydrogens is 102 g/mol. The van der Waals surface area contributed by atoms with Gasteiger partial charge < -0.3 is 9.64 Å². The molecular formula is C6H13NO. The van der Waals surface area contributed by atoms with Crippen molar-refractivity contribution in [2.45, 2.75) is 12.5 Å². The summed E-state index contributed by atoms with van der Waals surface area (Å²) in [5.41, 5.74) is 0. The van der Waals surface area contributed by atoms with E-state index in [9.17, 15) is 0 Å². The Morgan fingerprint density at radius 1 is 1.88 bits per heavy atom. The number of nitrogens with one attached hydrogen (secondary N) is 1. The Morgan fingerprint density at radius 3 is 2.75 bits per heavy atom. The summed E-state index contributed by atoms with van der Waals surface area (Å²) in [5, 5.41) is 0. The molecule has 0 aromatic carbocycles. The second-order valence-electron chi connectivity index (χ2n) is 2.35. The Morgan fingerprint density at radius 2 is 2.62 bits per heavy atom. The van der Waals surface area contributed by atoms with E-state index in [4.69, 9.17) is 4.74 Å². The van der Waals surface area contributed by atoms with Crippen LogP contribution in [0, 0.1) is 7.05 Å². The SMILES string of the molecule is [CH2-][NH+]1CC[C@@H]1COC. The molecule has 1 N–H and O–H groups in total. The van der Waals surface area contributed by atoms with Crippen molar-refractivity contribution < 1.29 is 9.64 Å². The Labute approximate surface area is 50.4 Å². The van der Waals surface area contributed by atoms with Gasteiger partial charge in [0.05, 0.1) is 19.2 Å². The van der Waals surface area contributed by atoms with Gasteiger partial charge in [-0.3, -0.25) is 0 Å². The number of hydrogen-bond acceptors (Lipinski definition) is 1. The third-order valence-electron chi connectivity index (χ3n) is 1.76. The van der Waals surface area contributed by atoms with Crippen molar-refractivity contribution in [2.75, 3.05) is 20.3 Å². The van der Waals surface area contributed by atoms with Crippen LogP contribution >= 0.6 is 0 Å². The van der Waals surface area contributed by atoms with E-state index in [-0.39, 0.29) is 0 Å². The zero-order chi connectivity index (χ0) is 5.98. The first-order valence-corrected chi connectivity index (χ1v) is 3.01. The molecule has 1 saturated heterocycles. The second kappa shape index (κ2) is 2.46. The third kappa shape index (κ3) is 1.01. The van der Waals surface area contributed by atoms with Crippen LogP contribution < -0.4 is 4.90 Å². The Hall–Kier alpha value is -0.0800. The second-order valence-corrected chi connectivity index (χ2v) is 2.35. The quantitative estimate of drug-likeness (QED) is 0.460. The molecule has 8 heavy (non-hydrogen) atoms. The minimum absolute atomic E-state index is 0.681. The third-order valence-corrected chi connectivity index (χ3v) is 1.76. The standard InChI is InChI=1S/C6H13NO/c1-7-4-3-6(7)5-8-2/h6-7H,1,3-5H2,2H3/t6-/m1/s1. The average molecular weight is 115 g/mol. The number of ether oxygens (including phenoxy) is 1. The van der Waals surface area contributed by atoms with Gasteiger partial charge in [0, 0.05) is 13.5 Å². The summed E-state index contributed by atoms with van der Waals surface area (Å²) in [6, 6.07) is 0.681. The lowest BCUT2D eigenvalue weighted by Crippen LogP contribution is -3.18. The van der Waals surface area contributed by atoms with Crippen molar-refractivity contribution in [2.24, 2.45) is 0 Å². The van der Waals surface area contributed by atoms with Crippen LogP contribution in [0.5, 0.6) is 0 Å². The molecule has 1 fully saturated rings. The molecule has 0 aromatic heterocycles. The normalized spacial score (nSPS) is 36.8. The van der Waals surface area contributed by atoms with Crippen LogP contribution in [0.15, 0.2) is 0 Å². The summed E-state index contributed by atoms with van der Waals surface area (Å²) < 4.78 is 4.96. The molecule has 0 bridgehead atoms. The van der Waals surface area contributed by atoms with Gasteiger partial charge in [0.25, 0.3) is 0 Å². The molecule has 0 spiro atoms. The van der Waals surface area contributed by atoms with Crippen LogP contribution in [-0.4, -0.2) is 26.3 Å². The molecule has 48 valence electrons. The van der Waals surface area contributed by atoms with Gasteiger partial charge in [0.2, 0.25) is 0 Å². The molecule has 1 unspecified atom stereocenters. The summed E-state index contributed by atoms with van der Waals surface area (Å²) >= 11 is 0. The molecule has 0 aliphatic carbocycles. The summed E-state index contributed by atoms with van der Waals surface area (Å²) in [7, 11) is 5.62. The summed E-state index contributed by atoms with van der Waals surface area (Å²) in [6.07, 6.45) is 1.28. The Kier molecular flexibility index (Phi) is 1.86. The van der Waals surface area contributed by atoms with Crippen LogP contribution in [0.1, 0.15) is 6.42 Å². The molecule has 0 saturated carbocycles. The summed E-state index contributed by atoms with van der Waals surface area (Å²) in [6.45, 7) is 2.09. The number of quaternary nitrogens is 1. The minimum atomic E-state index is 0.681. The molecule has 1 rings (SSSR count). The van der Waals surface area contributed by atoms with E-state index in [0.717, 1.165) is 6.61 Å². The van der Waals surface area contributed by atoms with Gasteiger partial charge in [-0.2, -0.15) is 7.05 Å². The summed E-state index contributed by atoms with van der Waals surface area (Å²) in [4.78, 5) is 1.37. The zero-order valence-corrected chi connectivity index (χ0v) is 5.31. The fourth-order valence-corrected chi connectivity index (χ4v) is 0.955. The lowest BCUT2D eigenvalue weighted by Gasteiger charge is -2.39. The van der Waals surface area contributed by atoms with Crippen LogP contribution in [-0.2, 0) is 4.74 Å². The number of likely N-dealkylation sites (tertiary alicyclic amines) is 1. The molecule has 1 aliphatic heterocycles. The van der Waals surface area contributed by atoms with Gasteiger partial charge >= 0.3 is 0 Å². The first kappa shape index (κ1) is 6.05. The van der Waals surface area contributed by atoms with Crippen molar-refractivity contribution >= 4 is 0 Å². The van der Waals surface area contributed by atoms with Crippen molar-refractivity contribution in [3.8, 4) is 0 Å². The van der Waals surface area contributed by atoms with Crippen molar-refractivity contribution in [1.29, 1.82) is 0 Å². The number of rotatable bonds is 2. The highest BCUT2D eigenvalue weighted by molar-refractivity contribution is 4.61. The fraction of sp³-hybridized carbons (Fsp3) is 0.833. The lowest BCUT2D eigenvalue weighted by atomic mass is 10.1. The number of hydrogen-bond donors (Lipinski definition) is 1. The van der Waals surface area contributed by atoms with Crippen LogP contribution in [0.2, 0.25) is 0 Å². The average Bonchev–Trinajstić information content (AvgIpc) is 1.79. The highest BCUT2D eigenvalue weighted by Gasteiger charge is 2.23. The van der Waals surface area contributed by atoms with E-state index >= 15 is 0 Å². The molecule has 0 radical (unpaired) electrons. The van der Waals surface area contributed by atoms with E-state index in [0.29, 0.717) is 6.04 Å². The topological polar surface area (TPSA) is 13.7 Å². The fourth-order valence-electron chi connectivity index (χ4n) is 0.955. The number of methoxy groups -OCH3 is 1. The van der Waals surface area contributed by atoms with E-state index in [1.54, 1.807) is 7.11 Å². The molecule has 1 aliphatic rings. The molecule has 0 aromatic rings. The van der Waals surface area contributed by atoms with Crippen molar-refractivity contribution in [3.05, 3.63) is 7.05 Å². The van der Waals surface area contributed by atoms with Crippen molar-refractivity contribution in [3.63, 3.8) is 0 Å². The van der Waals surface area contributed by atoms with Gasteiger partial charge in [0.1, 0.15) is 0 Å². The molecule has 2 atom stereocenters. The van der Waals surface area contributed by atoms with E-state index in [2.05, 4.69) is 7.05 Å². The zero-order valence-electron chi connectivity index (χ0n) is 5.31. The monoisotopic (exact) mass is 115 g/mol. The molecule has 0 amide bonds. The van der Waals surface area contributed by atoms with Crippen LogP contribution in [0.25, 0.3) is 0 Å². The maximum Gasteiger partial charge on any atom is 0.0961 e. The van der Waals surface area contributed by atoms with Gasteiger partial charge in [-0.25, -0.2) is 0 Å². The lowest BCUT2D eigenvalue weighted by molar-refractivity contribution is -0.925. The van der Waals surface area contributed by atoms with Crippen LogP contribution in [0.3, 0.4) is 0 Å². The summed E-state index contributed by atoms with van der Waals surface area (Å²) in [5.74, 6) is 0. The van der Waals surface area contributed by atoms with Crippen LogP contribution in [0.4, 0.5) is 0 Å². The first-order valence-electron chi connectivity index (χ1n) is 3.01.